The highest BCUT2D eigenvalue weighted by Crippen LogP contribution is 2.26. The Labute approximate surface area is 111 Å². The molecule has 1 aromatic rings. The Kier molecular flexibility index (Phi) is 3.64. The molecule has 0 radical (unpaired) electrons. The number of Topliss-reactive ketones (excluding diaryl/α,β-unsaturated/α-hetero) is 1. The lowest BCUT2D eigenvalue weighted by atomic mass is 10.1. The smallest absolute Gasteiger partial charge is 0.308 e. The first-order chi connectivity index (χ1) is 9.00. The number of ketones is 1. The minimum atomic E-state index is -0.613. The normalized spacial score (nSPS) is 18.0. The molecule has 1 amide bonds. The van der Waals surface area contributed by atoms with Gasteiger partial charge in [0.15, 0.2) is 0 Å². The first-order valence-electron chi connectivity index (χ1n) is 6.06. The number of esters is 1. The molecular formula is C14H15NO4. The summed E-state index contributed by atoms with van der Waals surface area (Å²) in [6.45, 7) is 3.21. The number of ether oxygens (including phenoxy) is 1. The van der Waals surface area contributed by atoms with Crippen molar-refractivity contribution in [1.82, 2.24) is 0 Å². The van der Waals surface area contributed by atoms with Crippen LogP contribution in [0.25, 0.3) is 0 Å². The zero-order valence-electron chi connectivity index (χ0n) is 10.9. The Morgan fingerprint density at radius 2 is 2.00 bits per heavy atom. The third kappa shape index (κ3) is 2.65. The lowest BCUT2D eigenvalue weighted by Gasteiger charge is -2.27. The zero-order valence-corrected chi connectivity index (χ0v) is 10.9. The highest BCUT2D eigenvalue weighted by atomic mass is 16.5. The maximum atomic E-state index is 12.1. The fourth-order valence-electron chi connectivity index (χ4n) is 2.14. The van der Waals surface area contributed by atoms with Gasteiger partial charge in [0, 0.05) is 12.6 Å². The Morgan fingerprint density at radius 3 is 2.53 bits per heavy atom. The first kappa shape index (κ1) is 13.3. The van der Waals surface area contributed by atoms with Crippen LogP contribution in [0, 0.1) is 6.92 Å². The van der Waals surface area contributed by atoms with Gasteiger partial charge in [0.2, 0.25) is 5.78 Å². The predicted octanol–water partition coefficient (Wildman–Crippen LogP) is 1.23. The van der Waals surface area contributed by atoms with E-state index in [1.165, 1.54) is 11.8 Å². The van der Waals surface area contributed by atoms with E-state index < -0.39 is 17.7 Å². The van der Waals surface area contributed by atoms with E-state index in [0.717, 1.165) is 5.56 Å². The molecule has 0 spiro atoms. The third-order valence-corrected chi connectivity index (χ3v) is 3.10. The molecule has 1 fully saturated rings. The van der Waals surface area contributed by atoms with Gasteiger partial charge in [0.05, 0.1) is 12.5 Å². The lowest BCUT2D eigenvalue weighted by molar-refractivity contribution is -0.137. The molecule has 1 aromatic carbocycles. The van der Waals surface area contributed by atoms with Crippen molar-refractivity contribution in [3.8, 4) is 0 Å². The molecule has 100 valence electrons. The van der Waals surface area contributed by atoms with Gasteiger partial charge in [-0.25, -0.2) is 0 Å². The fraction of sp³-hybridized carbons (Fsp3) is 0.357. The molecule has 5 heteroatoms. The molecule has 1 atom stereocenters. The minimum Gasteiger partial charge on any atom is -0.463 e. The van der Waals surface area contributed by atoms with Crippen LogP contribution in [0.4, 0.5) is 5.69 Å². The summed E-state index contributed by atoms with van der Waals surface area (Å²) in [6.07, 6.45) is 0.118. The first-order valence-corrected chi connectivity index (χ1v) is 6.06. The van der Waals surface area contributed by atoms with Gasteiger partial charge in [-0.3, -0.25) is 19.3 Å². The maximum absolute atomic E-state index is 12.1. The van der Waals surface area contributed by atoms with E-state index in [0.29, 0.717) is 5.69 Å². The number of amides is 1. The van der Waals surface area contributed by atoms with Crippen LogP contribution in [0.3, 0.4) is 0 Å². The molecule has 1 saturated heterocycles. The van der Waals surface area contributed by atoms with Crippen LogP contribution >= 0.6 is 0 Å². The number of hydrogen-bond acceptors (Lipinski definition) is 4. The zero-order chi connectivity index (χ0) is 14.0. The fourth-order valence-corrected chi connectivity index (χ4v) is 2.14. The average Bonchev–Trinajstić information content (AvgIpc) is 2.78. The molecule has 0 bridgehead atoms. The number of aryl methyl sites for hydroxylation is 1. The Hall–Kier alpha value is -2.17. The molecule has 0 aromatic heterocycles. The van der Waals surface area contributed by atoms with Crippen LogP contribution in [0.2, 0.25) is 0 Å². The van der Waals surface area contributed by atoms with Gasteiger partial charge in [-0.2, -0.15) is 0 Å². The van der Waals surface area contributed by atoms with Gasteiger partial charge in [-0.05, 0) is 18.6 Å². The van der Waals surface area contributed by atoms with Gasteiger partial charge in [0.25, 0.3) is 5.91 Å². The molecule has 0 saturated carbocycles. The van der Waals surface area contributed by atoms with Crippen molar-refractivity contribution in [2.24, 2.45) is 0 Å². The molecule has 0 N–H and O–H groups in total. The van der Waals surface area contributed by atoms with Crippen molar-refractivity contribution in [2.75, 3.05) is 11.5 Å². The van der Waals surface area contributed by atoms with Gasteiger partial charge in [-0.1, -0.05) is 18.2 Å². The summed E-state index contributed by atoms with van der Waals surface area (Å²) >= 11 is 0. The summed E-state index contributed by atoms with van der Waals surface area (Å²) in [7, 11) is 0. The molecule has 19 heavy (non-hydrogen) atoms. The predicted molar refractivity (Wildman–Crippen MR) is 68.7 cm³/mol. The maximum Gasteiger partial charge on any atom is 0.308 e. The van der Waals surface area contributed by atoms with E-state index in [1.54, 1.807) is 12.1 Å². The van der Waals surface area contributed by atoms with E-state index >= 15 is 0 Å². The van der Waals surface area contributed by atoms with Crippen LogP contribution < -0.4 is 4.90 Å². The minimum absolute atomic E-state index is 0.118. The highest BCUT2D eigenvalue weighted by molar-refractivity contribution is 6.40. The van der Waals surface area contributed by atoms with Crippen molar-refractivity contribution in [1.29, 1.82) is 0 Å². The number of cyclic esters (lactones) is 1. The van der Waals surface area contributed by atoms with E-state index in [4.69, 9.17) is 4.74 Å². The Morgan fingerprint density at radius 1 is 1.32 bits per heavy atom. The summed E-state index contributed by atoms with van der Waals surface area (Å²) < 4.78 is 4.89. The number of para-hydroxylation sites is 1. The number of nitrogens with zero attached hydrogens (tertiary/aromatic N) is 1. The van der Waals surface area contributed by atoms with Gasteiger partial charge in [-0.15, -0.1) is 0 Å². The van der Waals surface area contributed by atoms with E-state index in [2.05, 4.69) is 0 Å². The van der Waals surface area contributed by atoms with Gasteiger partial charge >= 0.3 is 5.97 Å². The number of rotatable bonds is 3. The number of anilines is 1. The Bertz CT molecular complexity index is 538. The molecule has 1 aliphatic rings. The third-order valence-electron chi connectivity index (χ3n) is 3.10. The van der Waals surface area contributed by atoms with Crippen molar-refractivity contribution in [3.05, 3.63) is 29.8 Å². The van der Waals surface area contributed by atoms with Crippen molar-refractivity contribution in [3.63, 3.8) is 0 Å². The van der Waals surface area contributed by atoms with Crippen LogP contribution in [0.1, 0.15) is 18.9 Å². The van der Waals surface area contributed by atoms with E-state index in [-0.39, 0.29) is 19.0 Å². The quantitative estimate of drug-likeness (QED) is 0.606. The molecule has 1 aliphatic heterocycles. The SMILES string of the molecule is CC(=O)C(=O)N(c1ccccc1C)C1COC(=O)C1. The molecule has 1 unspecified atom stereocenters. The monoisotopic (exact) mass is 261 g/mol. The van der Waals surface area contributed by atoms with Crippen LogP contribution in [0.5, 0.6) is 0 Å². The number of hydrogen-bond donors (Lipinski definition) is 0. The largest absolute Gasteiger partial charge is 0.463 e. The van der Waals surface area contributed by atoms with Gasteiger partial charge in [0.1, 0.15) is 6.61 Å². The number of carbonyl (C=O) groups excluding carboxylic acids is 3. The summed E-state index contributed by atoms with van der Waals surface area (Å²) in [5.41, 5.74) is 1.52. The van der Waals surface area contributed by atoms with Crippen molar-refractivity contribution < 1.29 is 19.1 Å². The van der Waals surface area contributed by atoms with Crippen LogP contribution in [-0.4, -0.2) is 30.3 Å². The lowest BCUT2D eigenvalue weighted by Crippen LogP contribution is -2.44. The number of carbonyl (C=O) groups is 3. The average molecular weight is 261 g/mol. The van der Waals surface area contributed by atoms with Crippen LogP contribution in [-0.2, 0) is 19.1 Å². The summed E-state index contributed by atoms with van der Waals surface area (Å²) in [5.74, 6) is -1.51. The Balaban J connectivity index is 2.40. The second-order valence-electron chi connectivity index (χ2n) is 4.56. The van der Waals surface area contributed by atoms with Gasteiger partial charge < -0.3 is 4.74 Å². The second kappa shape index (κ2) is 5.22. The summed E-state index contributed by atoms with van der Waals surface area (Å²) in [5, 5.41) is 0. The van der Waals surface area contributed by atoms with E-state index in [1.807, 2.05) is 19.1 Å². The van der Waals surface area contributed by atoms with Crippen LogP contribution in [0.15, 0.2) is 24.3 Å². The molecule has 2 rings (SSSR count). The van der Waals surface area contributed by atoms with Crippen molar-refractivity contribution in [2.45, 2.75) is 26.3 Å². The topological polar surface area (TPSA) is 63.7 Å². The summed E-state index contributed by atoms with van der Waals surface area (Å²) in [4.78, 5) is 36.1. The second-order valence-corrected chi connectivity index (χ2v) is 4.56. The molecule has 1 heterocycles. The molecular weight excluding hydrogens is 246 g/mol. The number of benzene rings is 1. The standard InChI is InChI=1S/C14H15NO4/c1-9-5-3-4-6-12(9)15(14(18)10(2)16)11-7-13(17)19-8-11/h3-6,11H,7-8H2,1-2H3. The summed E-state index contributed by atoms with van der Waals surface area (Å²) in [6, 6.07) is 6.85. The van der Waals surface area contributed by atoms with E-state index in [9.17, 15) is 14.4 Å². The highest BCUT2D eigenvalue weighted by Gasteiger charge is 2.35. The molecule has 5 nitrogen and oxygen atoms in total. The van der Waals surface area contributed by atoms with Crippen molar-refractivity contribution >= 4 is 23.3 Å². The molecule has 0 aliphatic carbocycles.